The van der Waals surface area contributed by atoms with Crippen LogP contribution in [0.2, 0.25) is 0 Å². The van der Waals surface area contributed by atoms with Gasteiger partial charge in [0.2, 0.25) is 0 Å². The van der Waals surface area contributed by atoms with Crippen LogP contribution in [0.3, 0.4) is 0 Å². The second-order valence-corrected chi connectivity index (χ2v) is 4.84. The summed E-state index contributed by atoms with van der Waals surface area (Å²) in [5, 5.41) is 2.86. The Hall–Kier alpha value is -1.66. The fourth-order valence-electron chi connectivity index (χ4n) is 2.09. The monoisotopic (exact) mass is 263 g/mol. The van der Waals surface area contributed by atoms with Crippen molar-refractivity contribution in [3.05, 3.63) is 24.0 Å². The summed E-state index contributed by atoms with van der Waals surface area (Å²) in [5.74, 6) is -0.202. The van der Waals surface area contributed by atoms with E-state index < -0.39 is 0 Å². The van der Waals surface area contributed by atoms with Gasteiger partial charge in [0, 0.05) is 45.5 Å². The Morgan fingerprint density at radius 2 is 2.16 bits per heavy atom. The quantitative estimate of drug-likeness (QED) is 0.776. The number of likely N-dealkylation sites (N-methyl/N-ethyl adjacent to an activating group) is 1. The molecule has 104 valence electrons. The van der Waals surface area contributed by atoms with E-state index >= 15 is 0 Å². The van der Waals surface area contributed by atoms with Gasteiger partial charge >= 0.3 is 0 Å². The van der Waals surface area contributed by atoms with Crippen LogP contribution in [0.15, 0.2) is 18.3 Å². The number of piperazine rings is 1. The number of nitrogens with one attached hydrogen (secondary N) is 1. The summed E-state index contributed by atoms with van der Waals surface area (Å²) in [6.45, 7) is 5.77. The molecule has 1 aliphatic heterocycles. The third-order valence-electron chi connectivity index (χ3n) is 3.36. The minimum atomic E-state index is -0.202. The van der Waals surface area contributed by atoms with Gasteiger partial charge in [0.25, 0.3) is 5.91 Å². The van der Waals surface area contributed by atoms with Crippen LogP contribution in [-0.2, 0) is 0 Å². The molecule has 0 atom stereocenters. The van der Waals surface area contributed by atoms with E-state index in [2.05, 4.69) is 27.1 Å². The van der Waals surface area contributed by atoms with Crippen LogP contribution in [0.25, 0.3) is 0 Å². The Balaban J connectivity index is 1.74. The molecule has 2 heterocycles. The molecule has 6 heteroatoms. The summed E-state index contributed by atoms with van der Waals surface area (Å²) in [5.41, 5.74) is 6.43. The highest BCUT2D eigenvalue weighted by molar-refractivity contribution is 5.96. The molecule has 0 radical (unpaired) electrons. The molecule has 1 fully saturated rings. The molecule has 0 bridgehead atoms. The average Bonchev–Trinajstić information content (AvgIpc) is 2.41. The number of hydrogen-bond acceptors (Lipinski definition) is 5. The van der Waals surface area contributed by atoms with Gasteiger partial charge in [0.1, 0.15) is 0 Å². The first-order chi connectivity index (χ1) is 9.16. The van der Waals surface area contributed by atoms with Crippen LogP contribution in [0, 0.1) is 0 Å². The van der Waals surface area contributed by atoms with E-state index in [4.69, 9.17) is 5.73 Å². The van der Waals surface area contributed by atoms with Crippen molar-refractivity contribution >= 4 is 11.6 Å². The van der Waals surface area contributed by atoms with Crippen LogP contribution in [-0.4, -0.2) is 67.0 Å². The lowest BCUT2D eigenvalue weighted by Gasteiger charge is -2.32. The zero-order chi connectivity index (χ0) is 13.7. The van der Waals surface area contributed by atoms with Crippen molar-refractivity contribution in [2.45, 2.75) is 0 Å². The summed E-state index contributed by atoms with van der Waals surface area (Å²) in [4.78, 5) is 20.5. The number of carbonyl (C=O) groups excluding carboxylic acids is 1. The highest BCUT2D eigenvalue weighted by atomic mass is 16.1. The van der Waals surface area contributed by atoms with Gasteiger partial charge in [-0.05, 0) is 19.2 Å². The summed E-state index contributed by atoms with van der Waals surface area (Å²) >= 11 is 0. The van der Waals surface area contributed by atoms with Crippen molar-refractivity contribution in [2.24, 2.45) is 0 Å². The van der Waals surface area contributed by atoms with E-state index in [9.17, 15) is 4.79 Å². The fourth-order valence-corrected chi connectivity index (χ4v) is 2.09. The smallest absolute Gasteiger partial charge is 0.272 e. The number of anilines is 1. The first kappa shape index (κ1) is 13.8. The number of aromatic nitrogens is 1. The topological polar surface area (TPSA) is 74.5 Å². The third-order valence-corrected chi connectivity index (χ3v) is 3.36. The number of nitrogens with two attached hydrogens (primary N) is 1. The van der Waals surface area contributed by atoms with E-state index in [0.717, 1.165) is 32.7 Å². The highest BCUT2D eigenvalue weighted by Gasteiger charge is 2.14. The van der Waals surface area contributed by atoms with E-state index in [1.807, 2.05) is 0 Å². The van der Waals surface area contributed by atoms with Gasteiger partial charge in [-0.3, -0.25) is 9.69 Å². The Labute approximate surface area is 113 Å². The number of rotatable bonds is 4. The molecule has 1 amide bonds. The lowest BCUT2D eigenvalue weighted by atomic mass is 10.3. The van der Waals surface area contributed by atoms with Gasteiger partial charge < -0.3 is 16.0 Å². The molecular formula is C13H21N5O. The minimum absolute atomic E-state index is 0.202. The molecule has 0 saturated carbocycles. The van der Waals surface area contributed by atoms with E-state index in [0.29, 0.717) is 17.9 Å². The second kappa shape index (κ2) is 6.49. The van der Waals surface area contributed by atoms with Crippen LogP contribution in [0.1, 0.15) is 10.5 Å². The van der Waals surface area contributed by atoms with E-state index in [1.54, 1.807) is 18.3 Å². The maximum absolute atomic E-state index is 11.9. The number of carbonyl (C=O) groups is 1. The van der Waals surface area contributed by atoms with Crippen LogP contribution in [0.5, 0.6) is 0 Å². The van der Waals surface area contributed by atoms with Gasteiger partial charge in [-0.2, -0.15) is 0 Å². The minimum Gasteiger partial charge on any atom is -0.397 e. The molecule has 0 spiro atoms. The number of amides is 1. The Morgan fingerprint density at radius 3 is 2.84 bits per heavy atom. The number of nitrogen functional groups attached to an aromatic ring is 1. The van der Waals surface area contributed by atoms with Crippen molar-refractivity contribution in [1.82, 2.24) is 20.1 Å². The lowest BCUT2D eigenvalue weighted by molar-refractivity contribution is 0.0937. The zero-order valence-corrected chi connectivity index (χ0v) is 11.3. The summed E-state index contributed by atoms with van der Waals surface area (Å²) in [6, 6.07) is 3.40. The normalized spacial score (nSPS) is 17.3. The Kier molecular flexibility index (Phi) is 4.70. The molecule has 19 heavy (non-hydrogen) atoms. The predicted molar refractivity (Wildman–Crippen MR) is 74.9 cm³/mol. The first-order valence-corrected chi connectivity index (χ1v) is 6.56. The van der Waals surface area contributed by atoms with Crippen molar-refractivity contribution < 1.29 is 4.79 Å². The van der Waals surface area contributed by atoms with Crippen molar-refractivity contribution in [2.75, 3.05) is 52.0 Å². The molecule has 1 saturated heterocycles. The summed E-state index contributed by atoms with van der Waals surface area (Å²) < 4.78 is 0. The van der Waals surface area contributed by atoms with Crippen molar-refractivity contribution in [3.8, 4) is 0 Å². The molecule has 1 aliphatic rings. The van der Waals surface area contributed by atoms with Gasteiger partial charge in [-0.25, -0.2) is 4.98 Å². The van der Waals surface area contributed by atoms with E-state index in [1.165, 1.54) is 0 Å². The molecule has 3 N–H and O–H groups in total. The van der Waals surface area contributed by atoms with Crippen LogP contribution >= 0.6 is 0 Å². The molecule has 2 rings (SSSR count). The maximum atomic E-state index is 11.9. The molecule has 0 aliphatic carbocycles. The highest BCUT2D eigenvalue weighted by Crippen LogP contribution is 2.06. The maximum Gasteiger partial charge on any atom is 0.272 e. The first-order valence-electron chi connectivity index (χ1n) is 6.56. The number of nitrogens with zero attached hydrogens (tertiary/aromatic N) is 3. The average molecular weight is 263 g/mol. The predicted octanol–water partition coefficient (Wildman–Crippen LogP) is -0.359. The van der Waals surface area contributed by atoms with Gasteiger partial charge in [0.05, 0.1) is 5.69 Å². The van der Waals surface area contributed by atoms with Gasteiger partial charge in [0.15, 0.2) is 5.69 Å². The Bertz CT molecular complexity index is 429. The van der Waals surface area contributed by atoms with Crippen molar-refractivity contribution in [1.29, 1.82) is 0 Å². The Morgan fingerprint density at radius 1 is 1.42 bits per heavy atom. The largest absolute Gasteiger partial charge is 0.397 e. The molecule has 6 nitrogen and oxygen atoms in total. The van der Waals surface area contributed by atoms with E-state index in [-0.39, 0.29) is 5.91 Å². The van der Waals surface area contributed by atoms with Crippen LogP contribution < -0.4 is 11.1 Å². The van der Waals surface area contributed by atoms with Gasteiger partial charge in [-0.15, -0.1) is 0 Å². The SMILES string of the molecule is CN1CCN(CCNC(=O)c2ncccc2N)CC1. The molecule has 0 aromatic carbocycles. The zero-order valence-electron chi connectivity index (χ0n) is 11.3. The second-order valence-electron chi connectivity index (χ2n) is 4.84. The number of pyridine rings is 1. The number of hydrogen-bond donors (Lipinski definition) is 2. The molecule has 1 aromatic heterocycles. The van der Waals surface area contributed by atoms with Crippen LogP contribution in [0.4, 0.5) is 5.69 Å². The third kappa shape index (κ3) is 3.90. The lowest BCUT2D eigenvalue weighted by Crippen LogP contribution is -2.47. The molecular weight excluding hydrogens is 242 g/mol. The molecule has 1 aromatic rings. The van der Waals surface area contributed by atoms with Crippen molar-refractivity contribution in [3.63, 3.8) is 0 Å². The van der Waals surface area contributed by atoms with Gasteiger partial charge in [-0.1, -0.05) is 0 Å². The standard InChI is InChI=1S/C13H21N5O/c1-17-7-9-18(10-8-17)6-5-16-13(19)12-11(14)3-2-4-15-12/h2-4H,5-10,14H2,1H3,(H,16,19). The summed E-state index contributed by atoms with van der Waals surface area (Å²) in [7, 11) is 2.13. The summed E-state index contributed by atoms with van der Waals surface area (Å²) in [6.07, 6.45) is 1.58. The fraction of sp³-hybridized carbons (Fsp3) is 0.538. The molecule has 0 unspecified atom stereocenters.